The molecule has 0 saturated heterocycles. The van der Waals surface area contributed by atoms with Crippen molar-refractivity contribution in [1.29, 1.82) is 0 Å². The summed E-state index contributed by atoms with van der Waals surface area (Å²) in [5.74, 6) is -0.346. The number of benzene rings is 2. The summed E-state index contributed by atoms with van der Waals surface area (Å²) in [5, 5.41) is 13.5. The van der Waals surface area contributed by atoms with Gasteiger partial charge in [-0.15, -0.1) is 0 Å². The van der Waals surface area contributed by atoms with Crippen molar-refractivity contribution in [3.05, 3.63) is 68.2 Å². The number of nitrogens with zero attached hydrogens (tertiary/aromatic N) is 1. The second kappa shape index (κ2) is 6.36. The zero-order chi connectivity index (χ0) is 15.4. The van der Waals surface area contributed by atoms with Gasteiger partial charge in [-0.1, -0.05) is 34.1 Å². The smallest absolute Gasteiger partial charge is 0.274 e. The van der Waals surface area contributed by atoms with Crippen LogP contribution in [0.3, 0.4) is 0 Å². The lowest BCUT2D eigenvalue weighted by molar-refractivity contribution is -0.385. The lowest BCUT2D eigenvalue weighted by Gasteiger charge is -2.07. The molecule has 0 heterocycles. The molecule has 0 fully saturated rings. The normalized spacial score (nSPS) is 10.1. The fourth-order valence-corrected chi connectivity index (χ4v) is 2.37. The number of hydrogen-bond donors (Lipinski definition) is 2. The van der Waals surface area contributed by atoms with Gasteiger partial charge in [-0.3, -0.25) is 14.9 Å². The Morgan fingerprint density at radius 2 is 2.00 bits per heavy atom. The van der Waals surface area contributed by atoms with Crippen molar-refractivity contribution in [2.75, 3.05) is 5.73 Å². The second-order valence-corrected chi connectivity index (χ2v) is 5.26. The number of hydrogen-bond acceptors (Lipinski definition) is 4. The van der Waals surface area contributed by atoms with Crippen LogP contribution < -0.4 is 11.1 Å². The molecule has 108 valence electrons. The summed E-state index contributed by atoms with van der Waals surface area (Å²) in [5.41, 5.74) is 6.94. The molecule has 0 aliphatic rings. The SMILES string of the molecule is Nc1cc(Br)cc(C(=O)NCc2ccccc2[N+](=O)[O-])c1. The molecule has 7 heteroatoms. The lowest BCUT2D eigenvalue weighted by Crippen LogP contribution is -2.23. The maximum absolute atomic E-state index is 12.0. The molecule has 1 amide bonds. The average molecular weight is 350 g/mol. The van der Waals surface area contributed by atoms with Crippen LogP contribution in [0.15, 0.2) is 46.9 Å². The first kappa shape index (κ1) is 15.0. The molecule has 0 spiro atoms. The predicted octanol–water partition coefficient (Wildman–Crippen LogP) is 2.87. The van der Waals surface area contributed by atoms with E-state index in [0.717, 1.165) is 0 Å². The Morgan fingerprint density at radius 3 is 2.67 bits per heavy atom. The maximum atomic E-state index is 12.0. The van der Waals surface area contributed by atoms with Crippen molar-refractivity contribution < 1.29 is 9.72 Å². The van der Waals surface area contributed by atoms with Crippen molar-refractivity contribution in [2.24, 2.45) is 0 Å². The predicted molar refractivity (Wildman–Crippen MR) is 82.8 cm³/mol. The molecule has 2 rings (SSSR count). The van der Waals surface area contributed by atoms with Gasteiger partial charge >= 0.3 is 0 Å². The number of nitrogens with two attached hydrogens (primary N) is 1. The maximum Gasteiger partial charge on any atom is 0.274 e. The minimum absolute atomic E-state index is 0.0217. The number of nitro benzene ring substituents is 1. The number of carbonyl (C=O) groups excluding carboxylic acids is 1. The third-order valence-electron chi connectivity index (χ3n) is 2.81. The molecule has 3 N–H and O–H groups in total. The summed E-state index contributed by atoms with van der Waals surface area (Å²) in [6, 6.07) is 11.1. The number of halogens is 1. The highest BCUT2D eigenvalue weighted by Crippen LogP contribution is 2.19. The van der Waals surface area contributed by atoms with E-state index < -0.39 is 4.92 Å². The van der Waals surface area contributed by atoms with E-state index in [-0.39, 0.29) is 18.1 Å². The van der Waals surface area contributed by atoms with E-state index >= 15 is 0 Å². The third-order valence-corrected chi connectivity index (χ3v) is 3.27. The molecule has 0 aliphatic carbocycles. The molecule has 2 aromatic carbocycles. The summed E-state index contributed by atoms with van der Waals surface area (Å²) in [6.07, 6.45) is 0. The van der Waals surface area contributed by atoms with E-state index in [4.69, 9.17) is 5.73 Å². The van der Waals surface area contributed by atoms with E-state index in [1.54, 1.807) is 36.4 Å². The van der Waals surface area contributed by atoms with Gasteiger partial charge in [0.2, 0.25) is 0 Å². The largest absolute Gasteiger partial charge is 0.399 e. The minimum Gasteiger partial charge on any atom is -0.399 e. The summed E-state index contributed by atoms with van der Waals surface area (Å²) < 4.78 is 0.693. The summed E-state index contributed by atoms with van der Waals surface area (Å²) in [4.78, 5) is 22.5. The monoisotopic (exact) mass is 349 g/mol. The highest BCUT2D eigenvalue weighted by atomic mass is 79.9. The van der Waals surface area contributed by atoms with Gasteiger partial charge in [-0.2, -0.15) is 0 Å². The van der Waals surface area contributed by atoms with Crippen molar-refractivity contribution in [3.8, 4) is 0 Å². The van der Waals surface area contributed by atoms with Crippen molar-refractivity contribution in [2.45, 2.75) is 6.54 Å². The molecule has 0 radical (unpaired) electrons. The van der Waals surface area contributed by atoms with Gasteiger partial charge in [-0.25, -0.2) is 0 Å². The third kappa shape index (κ3) is 3.79. The Kier molecular flexibility index (Phi) is 4.54. The van der Waals surface area contributed by atoms with Crippen LogP contribution in [0.4, 0.5) is 11.4 Å². The summed E-state index contributed by atoms with van der Waals surface area (Å²) in [7, 11) is 0. The van der Waals surface area contributed by atoms with Gasteiger partial charge in [-0.05, 0) is 18.2 Å². The van der Waals surface area contributed by atoms with E-state index in [1.165, 1.54) is 6.07 Å². The van der Waals surface area contributed by atoms with Gasteiger partial charge < -0.3 is 11.1 Å². The Labute approximate surface area is 129 Å². The molecule has 2 aromatic rings. The van der Waals surface area contributed by atoms with Crippen LogP contribution in [0.5, 0.6) is 0 Å². The van der Waals surface area contributed by atoms with E-state index in [2.05, 4.69) is 21.2 Å². The van der Waals surface area contributed by atoms with Crippen LogP contribution in [-0.4, -0.2) is 10.8 Å². The molecule has 0 aliphatic heterocycles. The second-order valence-electron chi connectivity index (χ2n) is 4.34. The van der Waals surface area contributed by atoms with E-state index in [9.17, 15) is 14.9 Å². The minimum atomic E-state index is -0.474. The molecule has 0 bridgehead atoms. The number of para-hydroxylation sites is 1. The number of nitro groups is 1. The van der Waals surface area contributed by atoms with Gasteiger partial charge in [0, 0.05) is 33.9 Å². The van der Waals surface area contributed by atoms with Crippen LogP contribution in [0.25, 0.3) is 0 Å². The van der Waals surface area contributed by atoms with Crippen LogP contribution in [-0.2, 0) is 6.54 Å². The number of rotatable bonds is 4. The quantitative estimate of drug-likeness (QED) is 0.503. The topological polar surface area (TPSA) is 98.3 Å². The molecular weight excluding hydrogens is 338 g/mol. The van der Waals surface area contributed by atoms with Crippen LogP contribution in [0.1, 0.15) is 15.9 Å². The fraction of sp³-hybridized carbons (Fsp3) is 0.0714. The Bertz CT molecular complexity index is 683. The Morgan fingerprint density at radius 1 is 1.29 bits per heavy atom. The van der Waals surface area contributed by atoms with Crippen LogP contribution in [0.2, 0.25) is 0 Å². The molecule has 0 saturated carbocycles. The number of amides is 1. The standard InChI is InChI=1S/C14H12BrN3O3/c15-11-5-10(6-12(16)7-11)14(19)17-8-9-3-1-2-4-13(9)18(20)21/h1-7H,8,16H2,(H,17,19). The summed E-state index contributed by atoms with van der Waals surface area (Å²) >= 11 is 3.26. The van der Waals surface area contributed by atoms with E-state index in [1.807, 2.05) is 0 Å². The molecule has 0 unspecified atom stereocenters. The summed E-state index contributed by atoms with van der Waals surface area (Å²) in [6.45, 7) is 0.0718. The van der Waals surface area contributed by atoms with Gasteiger partial charge in [0.1, 0.15) is 0 Å². The molecule has 0 atom stereocenters. The van der Waals surface area contributed by atoms with Crippen LogP contribution in [0, 0.1) is 10.1 Å². The molecular formula is C14H12BrN3O3. The number of carbonyl (C=O) groups is 1. The van der Waals surface area contributed by atoms with Gasteiger partial charge in [0.25, 0.3) is 11.6 Å². The lowest BCUT2D eigenvalue weighted by atomic mass is 10.1. The molecule has 21 heavy (non-hydrogen) atoms. The van der Waals surface area contributed by atoms with Crippen LogP contribution >= 0.6 is 15.9 Å². The van der Waals surface area contributed by atoms with Crippen molar-refractivity contribution in [1.82, 2.24) is 5.32 Å². The van der Waals surface area contributed by atoms with E-state index in [0.29, 0.717) is 21.3 Å². The first-order valence-electron chi connectivity index (χ1n) is 6.04. The fourth-order valence-electron chi connectivity index (χ4n) is 1.86. The first-order chi connectivity index (χ1) is 9.97. The van der Waals surface area contributed by atoms with Crippen molar-refractivity contribution >= 4 is 33.2 Å². The Hall–Kier alpha value is -2.41. The Balaban J connectivity index is 2.13. The van der Waals surface area contributed by atoms with Gasteiger partial charge in [0.05, 0.1) is 4.92 Å². The number of nitrogen functional groups attached to an aromatic ring is 1. The van der Waals surface area contributed by atoms with Crippen molar-refractivity contribution in [3.63, 3.8) is 0 Å². The highest BCUT2D eigenvalue weighted by Gasteiger charge is 2.14. The first-order valence-corrected chi connectivity index (χ1v) is 6.83. The number of nitrogens with one attached hydrogen (secondary N) is 1. The highest BCUT2D eigenvalue weighted by molar-refractivity contribution is 9.10. The average Bonchev–Trinajstić information content (AvgIpc) is 2.43. The van der Waals surface area contributed by atoms with Gasteiger partial charge in [0.15, 0.2) is 0 Å². The zero-order valence-electron chi connectivity index (χ0n) is 10.9. The zero-order valence-corrected chi connectivity index (χ0v) is 12.5. The molecule has 0 aromatic heterocycles. The molecule has 6 nitrogen and oxygen atoms in total. The number of anilines is 1.